The van der Waals surface area contributed by atoms with Crippen LogP contribution in [0.15, 0.2) is 24.4 Å². The first-order chi connectivity index (χ1) is 6.55. The van der Waals surface area contributed by atoms with E-state index < -0.39 is 9.84 Å². The Balaban J connectivity index is 2.74. The van der Waals surface area contributed by atoms with Gasteiger partial charge in [-0.05, 0) is 13.0 Å². The average molecular weight is 214 g/mol. The molecule has 0 atom stereocenters. The maximum Gasteiger partial charge on any atom is 0.159 e. The second-order valence-corrected chi connectivity index (χ2v) is 5.18. The maximum absolute atomic E-state index is 11.5. The quantitative estimate of drug-likeness (QED) is 0.700. The summed E-state index contributed by atoms with van der Waals surface area (Å²) in [6.45, 7) is 1.81. The van der Waals surface area contributed by atoms with Gasteiger partial charge in [0.05, 0.1) is 17.2 Å². The van der Waals surface area contributed by atoms with Gasteiger partial charge in [-0.2, -0.15) is 5.10 Å². The topological polar surface area (TPSA) is 52.0 Å². The second-order valence-electron chi connectivity index (χ2n) is 3.07. The molecule has 4 nitrogen and oxygen atoms in total. The van der Waals surface area contributed by atoms with Gasteiger partial charge in [-0.25, -0.2) is 8.42 Å². The molecule has 0 aliphatic carbocycles. The van der Waals surface area contributed by atoms with E-state index in [0.29, 0.717) is 0 Å². The summed E-state index contributed by atoms with van der Waals surface area (Å²) in [6.07, 6.45) is 4.98. The van der Waals surface area contributed by atoms with Gasteiger partial charge in [0.25, 0.3) is 0 Å². The minimum atomic E-state index is -3.04. The van der Waals surface area contributed by atoms with Gasteiger partial charge >= 0.3 is 0 Å². The molecule has 0 aliphatic rings. The molecule has 14 heavy (non-hydrogen) atoms. The fourth-order valence-electron chi connectivity index (χ4n) is 1.07. The molecule has 78 valence electrons. The summed E-state index contributed by atoms with van der Waals surface area (Å²) in [5.41, 5.74) is 0.717. The predicted octanol–water partition coefficient (Wildman–Crippen LogP) is 0.911. The monoisotopic (exact) mass is 214 g/mol. The zero-order valence-corrected chi connectivity index (χ0v) is 9.16. The minimum Gasteiger partial charge on any atom is -0.272 e. The molecule has 0 N–H and O–H groups in total. The van der Waals surface area contributed by atoms with Gasteiger partial charge < -0.3 is 0 Å². The van der Waals surface area contributed by atoms with Gasteiger partial charge in [0.15, 0.2) is 9.84 Å². The van der Waals surface area contributed by atoms with Crippen molar-refractivity contribution in [1.29, 1.82) is 0 Å². The van der Waals surface area contributed by atoms with Crippen LogP contribution in [-0.4, -0.2) is 24.0 Å². The summed E-state index contributed by atoms with van der Waals surface area (Å²) < 4.78 is 24.6. The SMILES string of the molecule is C/C=C/CS(=O)(=O)Cc1ccnn1C. The van der Waals surface area contributed by atoms with Crippen molar-refractivity contribution in [2.75, 3.05) is 5.75 Å². The second kappa shape index (κ2) is 4.41. The number of aromatic nitrogens is 2. The number of hydrogen-bond donors (Lipinski definition) is 0. The Hall–Kier alpha value is -1.10. The summed E-state index contributed by atoms with van der Waals surface area (Å²) in [4.78, 5) is 0. The zero-order valence-electron chi connectivity index (χ0n) is 8.34. The van der Waals surface area contributed by atoms with E-state index in [-0.39, 0.29) is 11.5 Å². The van der Waals surface area contributed by atoms with Gasteiger partial charge in [0, 0.05) is 13.2 Å². The van der Waals surface area contributed by atoms with Crippen molar-refractivity contribution in [3.05, 3.63) is 30.1 Å². The molecular weight excluding hydrogens is 200 g/mol. The average Bonchev–Trinajstić information content (AvgIpc) is 2.48. The lowest BCUT2D eigenvalue weighted by molar-refractivity contribution is 0.594. The van der Waals surface area contributed by atoms with E-state index in [0.717, 1.165) is 5.69 Å². The molecule has 0 radical (unpaired) electrons. The highest BCUT2D eigenvalue weighted by molar-refractivity contribution is 7.90. The van der Waals surface area contributed by atoms with E-state index in [4.69, 9.17) is 0 Å². The molecule has 1 aromatic heterocycles. The molecule has 1 heterocycles. The van der Waals surface area contributed by atoms with Crippen LogP contribution in [0.25, 0.3) is 0 Å². The normalized spacial score (nSPS) is 12.4. The summed E-state index contributed by atoms with van der Waals surface area (Å²) in [7, 11) is -1.30. The lowest BCUT2D eigenvalue weighted by atomic mass is 10.5. The minimum absolute atomic E-state index is 0.0494. The van der Waals surface area contributed by atoms with E-state index in [2.05, 4.69) is 5.10 Å². The van der Waals surface area contributed by atoms with Gasteiger partial charge in [-0.3, -0.25) is 4.68 Å². The highest BCUT2D eigenvalue weighted by atomic mass is 32.2. The molecule has 0 amide bonds. The highest BCUT2D eigenvalue weighted by Crippen LogP contribution is 2.05. The van der Waals surface area contributed by atoms with Crippen LogP contribution < -0.4 is 0 Å². The van der Waals surface area contributed by atoms with E-state index in [1.807, 2.05) is 0 Å². The number of aryl methyl sites for hydroxylation is 1. The smallest absolute Gasteiger partial charge is 0.159 e. The van der Waals surface area contributed by atoms with Crippen LogP contribution >= 0.6 is 0 Å². The first kappa shape index (κ1) is 11.0. The van der Waals surface area contributed by atoms with Crippen LogP contribution in [0.5, 0.6) is 0 Å². The molecule has 0 spiro atoms. The van der Waals surface area contributed by atoms with Crippen LogP contribution in [0.4, 0.5) is 0 Å². The third-order valence-corrected chi connectivity index (χ3v) is 3.31. The van der Waals surface area contributed by atoms with Crippen molar-refractivity contribution in [3.63, 3.8) is 0 Å². The third kappa shape index (κ3) is 2.99. The van der Waals surface area contributed by atoms with Gasteiger partial charge in [0.2, 0.25) is 0 Å². The molecule has 0 saturated heterocycles. The Kier molecular flexibility index (Phi) is 3.46. The van der Waals surface area contributed by atoms with Gasteiger partial charge in [-0.1, -0.05) is 12.2 Å². The Morgan fingerprint density at radius 1 is 1.57 bits per heavy atom. The van der Waals surface area contributed by atoms with Crippen molar-refractivity contribution in [3.8, 4) is 0 Å². The first-order valence-corrected chi connectivity index (χ1v) is 6.16. The summed E-state index contributed by atoms with van der Waals surface area (Å²) >= 11 is 0. The maximum atomic E-state index is 11.5. The number of sulfone groups is 1. The predicted molar refractivity (Wildman–Crippen MR) is 55.5 cm³/mol. The van der Waals surface area contributed by atoms with Gasteiger partial charge in [-0.15, -0.1) is 0 Å². The molecule has 0 saturated carbocycles. The number of allylic oxidation sites excluding steroid dienone is 1. The highest BCUT2D eigenvalue weighted by Gasteiger charge is 2.11. The van der Waals surface area contributed by atoms with Crippen molar-refractivity contribution >= 4 is 9.84 Å². The number of rotatable bonds is 4. The van der Waals surface area contributed by atoms with E-state index in [1.165, 1.54) is 0 Å². The Labute approximate surface area is 84.2 Å². The van der Waals surface area contributed by atoms with E-state index >= 15 is 0 Å². The van der Waals surface area contributed by atoms with Crippen LogP contribution in [-0.2, 0) is 22.6 Å². The number of hydrogen-bond acceptors (Lipinski definition) is 3. The summed E-state index contributed by atoms with van der Waals surface area (Å²) in [6, 6.07) is 1.72. The van der Waals surface area contributed by atoms with Crippen LogP contribution in [0.1, 0.15) is 12.6 Å². The van der Waals surface area contributed by atoms with Gasteiger partial charge in [0.1, 0.15) is 0 Å². The lowest BCUT2D eigenvalue weighted by Crippen LogP contribution is -2.10. The van der Waals surface area contributed by atoms with Crippen molar-refractivity contribution in [2.45, 2.75) is 12.7 Å². The first-order valence-electron chi connectivity index (χ1n) is 4.33. The van der Waals surface area contributed by atoms with Crippen molar-refractivity contribution in [1.82, 2.24) is 9.78 Å². The van der Waals surface area contributed by atoms with E-state index in [1.54, 1.807) is 43.1 Å². The summed E-state index contributed by atoms with van der Waals surface area (Å²) in [5.74, 6) is 0.141. The fourth-order valence-corrected chi connectivity index (χ4v) is 2.41. The molecule has 1 aromatic rings. The Morgan fingerprint density at radius 3 is 2.79 bits per heavy atom. The Bertz CT molecular complexity index is 418. The largest absolute Gasteiger partial charge is 0.272 e. The molecule has 0 aromatic carbocycles. The van der Waals surface area contributed by atoms with Crippen LogP contribution in [0, 0.1) is 0 Å². The fraction of sp³-hybridized carbons (Fsp3) is 0.444. The zero-order chi connectivity index (χ0) is 10.6. The molecule has 0 bridgehead atoms. The van der Waals surface area contributed by atoms with Crippen molar-refractivity contribution in [2.24, 2.45) is 7.05 Å². The molecule has 0 fully saturated rings. The summed E-state index contributed by atoms with van der Waals surface area (Å²) in [5, 5.41) is 3.92. The molecular formula is C9H14N2O2S. The van der Waals surface area contributed by atoms with Crippen LogP contribution in [0.2, 0.25) is 0 Å². The standard InChI is InChI=1S/C9H14N2O2S/c1-3-4-7-14(12,13)8-9-5-6-10-11(9)2/h3-6H,7-8H2,1-2H3/b4-3+. The third-order valence-electron chi connectivity index (χ3n) is 1.88. The Morgan fingerprint density at radius 2 is 2.29 bits per heavy atom. The van der Waals surface area contributed by atoms with Crippen LogP contribution in [0.3, 0.4) is 0 Å². The molecule has 1 rings (SSSR count). The molecule has 0 unspecified atom stereocenters. The van der Waals surface area contributed by atoms with E-state index in [9.17, 15) is 8.42 Å². The lowest BCUT2D eigenvalue weighted by Gasteiger charge is -2.01. The number of nitrogens with zero attached hydrogens (tertiary/aromatic N) is 2. The molecule has 0 aliphatic heterocycles. The molecule has 5 heteroatoms. The van der Waals surface area contributed by atoms with Crippen molar-refractivity contribution < 1.29 is 8.42 Å².